The molecule has 1 fully saturated rings. The summed E-state index contributed by atoms with van der Waals surface area (Å²) in [6.45, 7) is -1.19. The molecular formula is C9H19NO7. The summed E-state index contributed by atoms with van der Waals surface area (Å²) in [7, 11) is 0. The van der Waals surface area contributed by atoms with Gasteiger partial charge in [-0.2, -0.15) is 0 Å². The molecule has 102 valence electrons. The highest BCUT2D eigenvalue weighted by molar-refractivity contribution is 4.91. The Hall–Kier alpha value is -0.320. The Balaban J connectivity index is 2.53. The van der Waals surface area contributed by atoms with Crippen LogP contribution in [0.15, 0.2) is 0 Å². The fraction of sp³-hybridized carbons (Fsp3) is 1.00. The lowest BCUT2D eigenvalue weighted by Crippen LogP contribution is -2.62. The van der Waals surface area contributed by atoms with E-state index in [-0.39, 0.29) is 6.61 Å². The maximum absolute atomic E-state index is 9.58. The van der Waals surface area contributed by atoms with Crippen LogP contribution in [0.4, 0.5) is 0 Å². The molecule has 17 heavy (non-hydrogen) atoms. The number of aliphatic hydroxyl groups is 5. The van der Waals surface area contributed by atoms with Crippen LogP contribution >= 0.6 is 0 Å². The zero-order valence-corrected chi connectivity index (χ0v) is 9.22. The second-order valence-electron chi connectivity index (χ2n) is 3.95. The molecule has 0 aromatic carbocycles. The molecule has 7 N–H and O–H groups in total. The molecule has 0 amide bonds. The van der Waals surface area contributed by atoms with E-state index in [1.165, 1.54) is 0 Å². The van der Waals surface area contributed by atoms with Crippen LogP contribution in [0.25, 0.3) is 0 Å². The van der Waals surface area contributed by atoms with E-state index in [1.54, 1.807) is 0 Å². The first-order valence-corrected chi connectivity index (χ1v) is 5.29. The number of ether oxygens (including phenoxy) is 2. The van der Waals surface area contributed by atoms with E-state index in [4.69, 9.17) is 30.5 Å². The molecule has 1 aliphatic heterocycles. The van der Waals surface area contributed by atoms with Gasteiger partial charge >= 0.3 is 0 Å². The standard InChI is InChI=1S/C9H19NO7/c10-6-8(15)7(14)5(2-12)17-9(6)16-3-4(13)1-11/h4-9,11-15H,1-3,10H2. The molecule has 0 aliphatic carbocycles. The normalized spacial score (nSPS) is 40.2. The van der Waals surface area contributed by atoms with Crippen molar-refractivity contribution in [2.45, 2.75) is 36.7 Å². The van der Waals surface area contributed by atoms with E-state index in [1.807, 2.05) is 0 Å². The van der Waals surface area contributed by atoms with Crippen molar-refractivity contribution in [1.82, 2.24) is 0 Å². The van der Waals surface area contributed by atoms with E-state index >= 15 is 0 Å². The largest absolute Gasteiger partial charge is 0.394 e. The van der Waals surface area contributed by atoms with Crippen LogP contribution in [0.2, 0.25) is 0 Å². The lowest BCUT2D eigenvalue weighted by Gasteiger charge is -2.40. The number of nitrogens with two attached hydrogens (primary N) is 1. The third-order valence-corrected chi connectivity index (χ3v) is 2.59. The third kappa shape index (κ3) is 3.57. The lowest BCUT2D eigenvalue weighted by molar-refractivity contribution is -0.270. The zero-order chi connectivity index (χ0) is 13.0. The highest BCUT2D eigenvalue weighted by Crippen LogP contribution is 2.20. The van der Waals surface area contributed by atoms with Crippen LogP contribution in [-0.2, 0) is 9.47 Å². The van der Waals surface area contributed by atoms with Crippen molar-refractivity contribution in [3.63, 3.8) is 0 Å². The maximum Gasteiger partial charge on any atom is 0.175 e. The van der Waals surface area contributed by atoms with Crippen molar-refractivity contribution >= 4 is 0 Å². The Bertz CT molecular complexity index is 227. The van der Waals surface area contributed by atoms with Crippen molar-refractivity contribution in [1.29, 1.82) is 0 Å². The number of rotatable bonds is 5. The van der Waals surface area contributed by atoms with Gasteiger partial charge in [0.1, 0.15) is 24.4 Å². The molecule has 0 aromatic heterocycles. The molecule has 0 saturated carbocycles. The van der Waals surface area contributed by atoms with E-state index in [2.05, 4.69) is 0 Å². The Morgan fingerprint density at radius 2 is 1.88 bits per heavy atom. The van der Waals surface area contributed by atoms with Crippen molar-refractivity contribution in [2.75, 3.05) is 19.8 Å². The Morgan fingerprint density at radius 3 is 2.41 bits per heavy atom. The average Bonchev–Trinajstić information content (AvgIpc) is 2.34. The summed E-state index contributed by atoms with van der Waals surface area (Å²) in [5.41, 5.74) is 5.57. The topological polar surface area (TPSA) is 146 Å². The summed E-state index contributed by atoms with van der Waals surface area (Å²) >= 11 is 0. The fourth-order valence-electron chi connectivity index (χ4n) is 1.51. The van der Waals surface area contributed by atoms with E-state index in [9.17, 15) is 10.2 Å². The van der Waals surface area contributed by atoms with Gasteiger partial charge in [0.2, 0.25) is 0 Å². The van der Waals surface area contributed by atoms with Crippen LogP contribution in [0.3, 0.4) is 0 Å². The van der Waals surface area contributed by atoms with Gasteiger partial charge in [-0.05, 0) is 0 Å². The van der Waals surface area contributed by atoms with Gasteiger partial charge in [0, 0.05) is 0 Å². The van der Waals surface area contributed by atoms with Gasteiger partial charge in [0.05, 0.1) is 25.9 Å². The summed E-state index contributed by atoms with van der Waals surface area (Å²) in [5, 5.41) is 45.7. The molecule has 8 heteroatoms. The van der Waals surface area contributed by atoms with Crippen molar-refractivity contribution in [3.8, 4) is 0 Å². The van der Waals surface area contributed by atoms with Gasteiger partial charge in [-0.25, -0.2) is 0 Å². The highest BCUT2D eigenvalue weighted by Gasteiger charge is 2.43. The van der Waals surface area contributed by atoms with Gasteiger partial charge in [-0.1, -0.05) is 0 Å². The molecule has 6 atom stereocenters. The molecule has 0 aromatic rings. The SMILES string of the molecule is NC1C(OCC(O)CO)OC(CO)C(O)C1O. The van der Waals surface area contributed by atoms with Gasteiger partial charge in [0.25, 0.3) is 0 Å². The zero-order valence-electron chi connectivity index (χ0n) is 9.22. The minimum atomic E-state index is -1.29. The monoisotopic (exact) mass is 253 g/mol. The van der Waals surface area contributed by atoms with Gasteiger partial charge in [-0.15, -0.1) is 0 Å². The molecule has 1 rings (SSSR count). The highest BCUT2D eigenvalue weighted by atomic mass is 16.7. The minimum Gasteiger partial charge on any atom is -0.394 e. The first-order valence-electron chi connectivity index (χ1n) is 5.29. The smallest absolute Gasteiger partial charge is 0.175 e. The summed E-state index contributed by atoms with van der Waals surface area (Å²) < 4.78 is 10.2. The predicted octanol–water partition coefficient (Wildman–Crippen LogP) is -3.88. The van der Waals surface area contributed by atoms with Crippen LogP contribution in [0.5, 0.6) is 0 Å². The second-order valence-corrected chi connectivity index (χ2v) is 3.95. The Labute approximate surface area is 98.2 Å². The molecule has 1 aliphatic rings. The van der Waals surface area contributed by atoms with E-state index in [0.29, 0.717) is 0 Å². The first-order chi connectivity index (χ1) is 8.01. The lowest BCUT2D eigenvalue weighted by atomic mass is 9.98. The molecule has 0 radical (unpaired) electrons. The molecule has 0 spiro atoms. The summed E-state index contributed by atoms with van der Waals surface area (Å²) in [4.78, 5) is 0. The molecule has 0 bridgehead atoms. The number of hydrogen-bond donors (Lipinski definition) is 6. The summed E-state index contributed by atoms with van der Waals surface area (Å²) in [6.07, 6.45) is -5.73. The third-order valence-electron chi connectivity index (χ3n) is 2.59. The van der Waals surface area contributed by atoms with Crippen molar-refractivity contribution in [2.24, 2.45) is 5.73 Å². The molecule has 8 nitrogen and oxygen atoms in total. The summed E-state index contributed by atoms with van der Waals surface area (Å²) in [5.74, 6) is 0. The molecule has 1 heterocycles. The van der Waals surface area contributed by atoms with Crippen molar-refractivity contribution < 1.29 is 35.0 Å². The quantitative estimate of drug-likeness (QED) is 0.292. The molecule has 1 saturated heterocycles. The van der Waals surface area contributed by atoms with Crippen LogP contribution in [0, 0.1) is 0 Å². The predicted molar refractivity (Wildman–Crippen MR) is 54.8 cm³/mol. The first kappa shape index (κ1) is 14.7. The van der Waals surface area contributed by atoms with E-state index in [0.717, 1.165) is 0 Å². The van der Waals surface area contributed by atoms with Gasteiger partial charge < -0.3 is 40.7 Å². The number of hydrogen-bond acceptors (Lipinski definition) is 8. The fourth-order valence-corrected chi connectivity index (χ4v) is 1.51. The van der Waals surface area contributed by atoms with Crippen LogP contribution in [-0.4, -0.2) is 82.1 Å². The Morgan fingerprint density at radius 1 is 1.24 bits per heavy atom. The minimum absolute atomic E-state index is 0.226. The maximum atomic E-state index is 9.58. The van der Waals surface area contributed by atoms with Gasteiger partial charge in [0.15, 0.2) is 6.29 Å². The summed E-state index contributed by atoms with van der Waals surface area (Å²) in [6, 6.07) is -1.00. The van der Waals surface area contributed by atoms with Gasteiger partial charge in [-0.3, -0.25) is 0 Å². The Kier molecular flexibility index (Phi) is 5.70. The number of aliphatic hydroxyl groups excluding tert-OH is 5. The second kappa shape index (κ2) is 6.57. The van der Waals surface area contributed by atoms with Crippen LogP contribution < -0.4 is 5.73 Å². The van der Waals surface area contributed by atoms with E-state index < -0.39 is 50.0 Å². The molecule has 6 unspecified atom stereocenters. The average molecular weight is 253 g/mol. The van der Waals surface area contributed by atoms with Crippen molar-refractivity contribution in [3.05, 3.63) is 0 Å². The molecular weight excluding hydrogens is 234 g/mol. The van der Waals surface area contributed by atoms with Crippen LogP contribution in [0.1, 0.15) is 0 Å².